The average Bonchev–Trinajstić information content (AvgIpc) is 2.46. The second-order valence-corrected chi connectivity index (χ2v) is 5.30. The maximum absolute atomic E-state index is 13.0. The molecule has 3 nitrogen and oxygen atoms in total. The molecule has 1 unspecified atom stereocenters. The van der Waals surface area contributed by atoms with E-state index in [0.29, 0.717) is 24.8 Å². The lowest BCUT2D eigenvalue weighted by atomic mass is 9.97. The monoisotopic (exact) mass is 301 g/mol. The van der Waals surface area contributed by atoms with Gasteiger partial charge in [0.05, 0.1) is 12.2 Å². The minimum atomic E-state index is -4.52. The molecule has 0 aliphatic carbocycles. The van der Waals surface area contributed by atoms with Gasteiger partial charge in [-0.2, -0.15) is 13.2 Å². The SMILES string of the molecule is COCC1CCCN(c2ccc(C=O)c(C(F)(F)F)c2)C1. The summed E-state index contributed by atoms with van der Waals surface area (Å²) in [6.07, 6.45) is -2.34. The summed E-state index contributed by atoms with van der Waals surface area (Å²) < 4.78 is 44.1. The second-order valence-electron chi connectivity index (χ2n) is 5.30. The quantitative estimate of drug-likeness (QED) is 0.799. The number of carbonyl (C=O) groups is 1. The van der Waals surface area contributed by atoms with Crippen molar-refractivity contribution in [2.45, 2.75) is 19.0 Å². The molecular formula is C15H18F3NO2. The van der Waals surface area contributed by atoms with E-state index in [4.69, 9.17) is 4.74 Å². The Morgan fingerprint density at radius 3 is 2.81 bits per heavy atom. The number of anilines is 1. The van der Waals surface area contributed by atoms with Crippen molar-refractivity contribution in [3.05, 3.63) is 29.3 Å². The molecule has 1 saturated heterocycles. The van der Waals surface area contributed by atoms with Gasteiger partial charge in [0.1, 0.15) is 0 Å². The van der Waals surface area contributed by atoms with Gasteiger partial charge in [0, 0.05) is 31.5 Å². The van der Waals surface area contributed by atoms with E-state index in [0.717, 1.165) is 25.5 Å². The highest BCUT2D eigenvalue weighted by Gasteiger charge is 2.34. The maximum Gasteiger partial charge on any atom is 0.417 e. The van der Waals surface area contributed by atoms with Gasteiger partial charge in [-0.05, 0) is 37.0 Å². The molecule has 1 aliphatic heterocycles. The first kappa shape index (κ1) is 15.8. The lowest BCUT2D eigenvalue weighted by Crippen LogP contribution is -2.37. The topological polar surface area (TPSA) is 29.5 Å². The molecule has 1 aromatic rings. The predicted molar refractivity (Wildman–Crippen MR) is 73.6 cm³/mol. The molecule has 0 saturated carbocycles. The smallest absolute Gasteiger partial charge is 0.384 e. The van der Waals surface area contributed by atoms with E-state index in [1.54, 1.807) is 13.2 Å². The molecule has 0 radical (unpaired) electrons. The van der Waals surface area contributed by atoms with Crippen molar-refractivity contribution in [2.24, 2.45) is 5.92 Å². The molecule has 6 heteroatoms. The Labute approximate surface area is 121 Å². The molecule has 21 heavy (non-hydrogen) atoms. The van der Waals surface area contributed by atoms with Crippen molar-refractivity contribution in [1.82, 2.24) is 0 Å². The summed E-state index contributed by atoms with van der Waals surface area (Å²) in [4.78, 5) is 12.7. The van der Waals surface area contributed by atoms with Crippen LogP contribution in [0.2, 0.25) is 0 Å². The van der Waals surface area contributed by atoms with Gasteiger partial charge >= 0.3 is 6.18 Å². The zero-order valence-electron chi connectivity index (χ0n) is 11.8. The lowest BCUT2D eigenvalue weighted by molar-refractivity contribution is -0.137. The molecule has 0 amide bonds. The molecule has 0 N–H and O–H groups in total. The number of benzene rings is 1. The van der Waals surface area contributed by atoms with Crippen LogP contribution in [-0.4, -0.2) is 33.1 Å². The number of carbonyl (C=O) groups excluding carboxylic acids is 1. The first-order valence-electron chi connectivity index (χ1n) is 6.86. The second kappa shape index (κ2) is 6.47. The van der Waals surface area contributed by atoms with E-state index in [9.17, 15) is 18.0 Å². The van der Waals surface area contributed by atoms with Gasteiger partial charge in [-0.1, -0.05) is 0 Å². The standard InChI is InChI=1S/C15H18F3NO2/c1-21-10-11-3-2-6-19(8-11)13-5-4-12(9-20)14(7-13)15(16,17)18/h4-5,7,9,11H,2-3,6,8,10H2,1H3. The lowest BCUT2D eigenvalue weighted by Gasteiger charge is -2.34. The number of nitrogens with zero attached hydrogens (tertiary/aromatic N) is 1. The summed E-state index contributed by atoms with van der Waals surface area (Å²) >= 11 is 0. The maximum atomic E-state index is 13.0. The van der Waals surface area contributed by atoms with Gasteiger partial charge in [0.15, 0.2) is 6.29 Å². The van der Waals surface area contributed by atoms with Crippen molar-refractivity contribution in [3.63, 3.8) is 0 Å². The fourth-order valence-corrected chi connectivity index (χ4v) is 2.76. The van der Waals surface area contributed by atoms with Crippen molar-refractivity contribution in [2.75, 3.05) is 31.7 Å². The third kappa shape index (κ3) is 3.75. The summed E-state index contributed by atoms with van der Waals surface area (Å²) in [5, 5.41) is 0. The molecular weight excluding hydrogens is 283 g/mol. The Balaban J connectivity index is 2.26. The van der Waals surface area contributed by atoms with E-state index >= 15 is 0 Å². The minimum Gasteiger partial charge on any atom is -0.384 e. The first-order chi connectivity index (χ1) is 9.95. The number of hydrogen-bond donors (Lipinski definition) is 0. The highest BCUT2D eigenvalue weighted by molar-refractivity contribution is 5.79. The Hall–Kier alpha value is -1.56. The van der Waals surface area contributed by atoms with E-state index in [2.05, 4.69) is 0 Å². The summed E-state index contributed by atoms with van der Waals surface area (Å²) in [5.74, 6) is 0.323. The molecule has 2 rings (SSSR count). The van der Waals surface area contributed by atoms with Crippen molar-refractivity contribution in [1.29, 1.82) is 0 Å². The molecule has 0 spiro atoms. The largest absolute Gasteiger partial charge is 0.417 e. The number of ether oxygens (including phenoxy) is 1. The van der Waals surface area contributed by atoms with Gasteiger partial charge in [0.25, 0.3) is 0 Å². The summed E-state index contributed by atoms with van der Waals surface area (Å²) in [6, 6.07) is 3.89. The normalized spacial score (nSPS) is 19.6. The third-order valence-electron chi connectivity index (χ3n) is 3.76. The summed E-state index contributed by atoms with van der Waals surface area (Å²) in [6.45, 7) is 2.00. The molecule has 1 aliphatic rings. The van der Waals surface area contributed by atoms with Crippen LogP contribution in [0.5, 0.6) is 0 Å². The molecule has 0 aromatic heterocycles. The number of alkyl halides is 3. The van der Waals surface area contributed by atoms with Crippen LogP contribution in [-0.2, 0) is 10.9 Å². The Bertz CT molecular complexity index is 500. The molecule has 1 atom stereocenters. The fraction of sp³-hybridized carbons (Fsp3) is 0.533. The van der Waals surface area contributed by atoms with Crippen LogP contribution in [0.1, 0.15) is 28.8 Å². The number of methoxy groups -OCH3 is 1. The summed E-state index contributed by atoms with van der Waals surface area (Å²) in [5.41, 5.74) is -0.686. The van der Waals surface area contributed by atoms with Crippen LogP contribution < -0.4 is 4.90 Å². The zero-order valence-corrected chi connectivity index (χ0v) is 11.8. The third-order valence-corrected chi connectivity index (χ3v) is 3.76. The van der Waals surface area contributed by atoms with Crippen LogP contribution in [0.15, 0.2) is 18.2 Å². The Kier molecular flexibility index (Phi) is 4.88. The van der Waals surface area contributed by atoms with Crippen LogP contribution in [0.25, 0.3) is 0 Å². The van der Waals surface area contributed by atoms with Crippen molar-refractivity contribution >= 4 is 12.0 Å². The number of rotatable bonds is 4. The van der Waals surface area contributed by atoms with Crippen LogP contribution in [0.4, 0.5) is 18.9 Å². The number of hydrogen-bond acceptors (Lipinski definition) is 3. The number of piperidine rings is 1. The van der Waals surface area contributed by atoms with Crippen molar-refractivity contribution in [3.8, 4) is 0 Å². The predicted octanol–water partition coefficient (Wildman–Crippen LogP) is 3.38. The number of halogens is 3. The van der Waals surface area contributed by atoms with Crippen LogP contribution >= 0.6 is 0 Å². The summed E-state index contributed by atoms with van der Waals surface area (Å²) in [7, 11) is 1.62. The molecule has 0 bridgehead atoms. The van der Waals surface area contributed by atoms with Gasteiger partial charge in [-0.25, -0.2) is 0 Å². The van der Waals surface area contributed by atoms with Gasteiger partial charge < -0.3 is 9.64 Å². The van der Waals surface area contributed by atoms with E-state index in [1.165, 1.54) is 6.07 Å². The first-order valence-corrected chi connectivity index (χ1v) is 6.86. The molecule has 1 aromatic carbocycles. The van der Waals surface area contributed by atoms with E-state index in [-0.39, 0.29) is 11.8 Å². The van der Waals surface area contributed by atoms with Crippen LogP contribution in [0.3, 0.4) is 0 Å². The molecule has 1 heterocycles. The Morgan fingerprint density at radius 2 is 2.19 bits per heavy atom. The minimum absolute atomic E-state index is 0.247. The molecule has 1 fully saturated rings. The highest BCUT2D eigenvalue weighted by atomic mass is 19.4. The highest BCUT2D eigenvalue weighted by Crippen LogP contribution is 2.35. The number of aldehydes is 1. The van der Waals surface area contributed by atoms with Gasteiger partial charge in [-0.15, -0.1) is 0 Å². The Morgan fingerprint density at radius 1 is 1.43 bits per heavy atom. The van der Waals surface area contributed by atoms with Crippen LogP contribution in [0, 0.1) is 5.92 Å². The van der Waals surface area contributed by atoms with E-state index in [1.807, 2.05) is 4.90 Å². The van der Waals surface area contributed by atoms with Gasteiger partial charge in [0.2, 0.25) is 0 Å². The zero-order chi connectivity index (χ0) is 15.5. The average molecular weight is 301 g/mol. The van der Waals surface area contributed by atoms with Crippen molar-refractivity contribution < 1.29 is 22.7 Å². The fourth-order valence-electron chi connectivity index (χ4n) is 2.76. The van der Waals surface area contributed by atoms with Gasteiger partial charge in [-0.3, -0.25) is 4.79 Å². The molecule has 116 valence electrons. The van der Waals surface area contributed by atoms with E-state index < -0.39 is 11.7 Å².